The zero-order valence-electron chi connectivity index (χ0n) is 14.8. The van der Waals surface area contributed by atoms with Gasteiger partial charge in [-0.05, 0) is 61.0 Å². The van der Waals surface area contributed by atoms with Crippen LogP contribution in [0.3, 0.4) is 0 Å². The van der Waals surface area contributed by atoms with Crippen molar-refractivity contribution in [3.63, 3.8) is 0 Å². The number of anilines is 1. The largest absolute Gasteiger partial charge is 0.342 e. The molecule has 0 unspecified atom stereocenters. The molecular weight excluding hydrogens is 368 g/mol. The molecule has 1 fully saturated rings. The van der Waals surface area contributed by atoms with Crippen LogP contribution < -0.4 is 5.32 Å². The third-order valence-electron chi connectivity index (χ3n) is 4.21. The van der Waals surface area contributed by atoms with E-state index in [0.29, 0.717) is 23.4 Å². The summed E-state index contributed by atoms with van der Waals surface area (Å²) in [5.74, 6) is 0. The molecule has 1 aliphatic rings. The molecule has 0 amide bonds. The summed E-state index contributed by atoms with van der Waals surface area (Å²) in [5, 5.41) is 3.79. The molecule has 3 rings (SSSR count). The van der Waals surface area contributed by atoms with E-state index in [-0.39, 0.29) is 4.90 Å². The summed E-state index contributed by atoms with van der Waals surface area (Å²) >= 11 is 5.60. The molecule has 1 N–H and O–H groups in total. The average Bonchev–Trinajstić information content (AvgIpc) is 3.45. The van der Waals surface area contributed by atoms with Crippen LogP contribution in [0.5, 0.6) is 0 Å². The number of benzene rings is 1. The first-order valence-corrected chi connectivity index (χ1v) is 10.2. The minimum absolute atomic E-state index is 0.238. The molecule has 1 aromatic carbocycles. The lowest BCUT2D eigenvalue weighted by Gasteiger charge is -2.26. The Labute approximate surface area is 159 Å². The number of hydrogen-bond donors (Lipinski definition) is 1. The number of hydrogen-bond acceptors (Lipinski definition) is 4. The molecule has 8 heteroatoms. The van der Waals surface area contributed by atoms with Crippen LogP contribution in [0.15, 0.2) is 53.7 Å². The van der Waals surface area contributed by atoms with Crippen molar-refractivity contribution >= 4 is 33.0 Å². The fourth-order valence-electron chi connectivity index (χ4n) is 2.58. The first kappa shape index (κ1) is 18.8. The molecule has 1 aromatic heterocycles. The van der Waals surface area contributed by atoms with Crippen LogP contribution in [-0.4, -0.2) is 47.9 Å². The second kappa shape index (κ2) is 7.69. The summed E-state index contributed by atoms with van der Waals surface area (Å²) in [5.41, 5.74) is 1.80. The van der Waals surface area contributed by atoms with Crippen molar-refractivity contribution in [2.24, 2.45) is 0 Å². The molecule has 0 spiro atoms. The molecular formula is C18H22N4O2S2. The zero-order chi connectivity index (χ0) is 18.7. The van der Waals surface area contributed by atoms with Gasteiger partial charge in [-0.1, -0.05) is 6.07 Å². The monoisotopic (exact) mass is 390 g/mol. The summed E-state index contributed by atoms with van der Waals surface area (Å²) in [6.07, 6.45) is 5.77. The van der Waals surface area contributed by atoms with Gasteiger partial charge in [0, 0.05) is 44.8 Å². The van der Waals surface area contributed by atoms with Crippen molar-refractivity contribution in [3.05, 3.63) is 54.4 Å². The van der Waals surface area contributed by atoms with Crippen LogP contribution in [0.4, 0.5) is 5.69 Å². The molecule has 1 aliphatic carbocycles. The quantitative estimate of drug-likeness (QED) is 0.765. The van der Waals surface area contributed by atoms with Crippen LogP contribution in [0.1, 0.15) is 18.4 Å². The number of nitrogens with zero attached hydrogens (tertiary/aromatic N) is 3. The summed E-state index contributed by atoms with van der Waals surface area (Å²) in [6, 6.07) is 11.1. The topological polar surface area (TPSA) is 65.5 Å². The number of thiocarbonyl (C=S) groups is 1. The van der Waals surface area contributed by atoms with E-state index < -0.39 is 10.0 Å². The van der Waals surface area contributed by atoms with Gasteiger partial charge < -0.3 is 10.2 Å². The van der Waals surface area contributed by atoms with Gasteiger partial charge in [-0.2, -0.15) is 0 Å². The third kappa shape index (κ3) is 4.38. The zero-order valence-corrected chi connectivity index (χ0v) is 16.4. The smallest absolute Gasteiger partial charge is 0.242 e. The number of rotatable bonds is 6. The number of nitrogens with one attached hydrogen (secondary N) is 1. The maximum Gasteiger partial charge on any atom is 0.242 e. The lowest BCUT2D eigenvalue weighted by Crippen LogP contribution is -2.36. The summed E-state index contributed by atoms with van der Waals surface area (Å²) in [6.45, 7) is 0.703. The molecule has 0 saturated heterocycles. The van der Waals surface area contributed by atoms with Crippen molar-refractivity contribution in [2.75, 3.05) is 19.4 Å². The second-order valence-corrected chi connectivity index (χ2v) is 9.00. The predicted octanol–water partition coefficient (Wildman–Crippen LogP) is 2.69. The Balaban J connectivity index is 1.76. The normalized spacial score (nSPS) is 14.3. The summed E-state index contributed by atoms with van der Waals surface area (Å²) in [7, 11) is -0.444. The molecule has 0 aliphatic heterocycles. The average molecular weight is 391 g/mol. The second-order valence-electron chi connectivity index (χ2n) is 6.46. The Kier molecular flexibility index (Phi) is 5.55. The molecule has 6 nitrogen and oxygen atoms in total. The van der Waals surface area contributed by atoms with Gasteiger partial charge in [0.25, 0.3) is 0 Å². The van der Waals surface area contributed by atoms with Gasteiger partial charge in [0.05, 0.1) is 4.90 Å². The highest BCUT2D eigenvalue weighted by Gasteiger charge is 2.31. The lowest BCUT2D eigenvalue weighted by molar-refractivity contribution is 0.409. The van der Waals surface area contributed by atoms with E-state index >= 15 is 0 Å². The third-order valence-corrected chi connectivity index (χ3v) is 6.36. The van der Waals surface area contributed by atoms with Crippen molar-refractivity contribution in [1.29, 1.82) is 0 Å². The molecule has 0 bridgehead atoms. The summed E-state index contributed by atoms with van der Waals surface area (Å²) in [4.78, 5) is 6.43. The Morgan fingerprint density at radius 3 is 2.54 bits per heavy atom. The Morgan fingerprint density at radius 2 is 1.92 bits per heavy atom. The minimum Gasteiger partial charge on any atom is -0.342 e. The molecule has 26 heavy (non-hydrogen) atoms. The molecule has 2 aromatic rings. The fraction of sp³-hybridized carbons (Fsp3) is 0.333. The van der Waals surface area contributed by atoms with Crippen molar-refractivity contribution in [3.8, 4) is 0 Å². The Bertz CT molecular complexity index is 881. The van der Waals surface area contributed by atoms with Crippen molar-refractivity contribution < 1.29 is 8.42 Å². The maximum absolute atomic E-state index is 12.3. The number of sulfonamides is 1. The van der Waals surface area contributed by atoms with E-state index in [4.69, 9.17) is 12.2 Å². The van der Waals surface area contributed by atoms with Gasteiger partial charge in [0.15, 0.2) is 5.11 Å². The van der Waals surface area contributed by atoms with Gasteiger partial charge in [-0.25, -0.2) is 12.7 Å². The van der Waals surface area contributed by atoms with E-state index in [1.807, 2.05) is 18.2 Å². The summed E-state index contributed by atoms with van der Waals surface area (Å²) < 4.78 is 25.8. The van der Waals surface area contributed by atoms with Crippen LogP contribution in [0.25, 0.3) is 0 Å². The number of aromatic nitrogens is 1. The highest BCUT2D eigenvalue weighted by Crippen LogP contribution is 2.29. The first-order valence-electron chi connectivity index (χ1n) is 8.37. The van der Waals surface area contributed by atoms with Gasteiger partial charge in [0.1, 0.15) is 0 Å². The van der Waals surface area contributed by atoms with Gasteiger partial charge in [0.2, 0.25) is 10.0 Å². The van der Waals surface area contributed by atoms with E-state index in [9.17, 15) is 8.42 Å². The van der Waals surface area contributed by atoms with E-state index in [1.54, 1.807) is 30.6 Å². The Morgan fingerprint density at radius 1 is 1.23 bits per heavy atom. The molecule has 138 valence electrons. The maximum atomic E-state index is 12.3. The first-order chi connectivity index (χ1) is 12.4. The van der Waals surface area contributed by atoms with E-state index in [0.717, 1.165) is 18.4 Å². The standard InChI is InChI=1S/C18H22N4O2S2/c1-21(2)26(23,24)17-5-3-4-15(12-17)20-18(25)22(16-6-7-16)13-14-8-10-19-11-9-14/h3-5,8-12,16H,6-7,13H2,1-2H3,(H,20,25). The van der Waals surface area contributed by atoms with E-state index in [1.165, 1.54) is 18.4 Å². The number of pyridine rings is 1. The van der Waals surface area contributed by atoms with E-state index in [2.05, 4.69) is 15.2 Å². The molecule has 0 atom stereocenters. The van der Waals surface area contributed by atoms with Crippen molar-refractivity contribution in [1.82, 2.24) is 14.2 Å². The van der Waals surface area contributed by atoms with Crippen LogP contribution in [0.2, 0.25) is 0 Å². The van der Waals surface area contributed by atoms with Gasteiger partial charge >= 0.3 is 0 Å². The van der Waals surface area contributed by atoms with Crippen LogP contribution in [0, 0.1) is 0 Å². The van der Waals surface area contributed by atoms with Crippen molar-refractivity contribution in [2.45, 2.75) is 30.3 Å². The highest BCUT2D eigenvalue weighted by atomic mass is 32.2. The molecule has 1 saturated carbocycles. The van der Waals surface area contributed by atoms with Gasteiger partial charge in [-0.3, -0.25) is 4.98 Å². The van der Waals surface area contributed by atoms with Gasteiger partial charge in [-0.15, -0.1) is 0 Å². The molecule has 1 heterocycles. The molecule has 0 radical (unpaired) electrons. The van der Waals surface area contributed by atoms with Crippen LogP contribution in [-0.2, 0) is 16.6 Å². The fourth-order valence-corrected chi connectivity index (χ4v) is 3.86. The highest BCUT2D eigenvalue weighted by molar-refractivity contribution is 7.89. The predicted molar refractivity (Wildman–Crippen MR) is 106 cm³/mol. The SMILES string of the molecule is CN(C)S(=O)(=O)c1cccc(NC(=S)N(Cc2ccncc2)C2CC2)c1. The lowest BCUT2D eigenvalue weighted by atomic mass is 10.2. The van der Waals surface area contributed by atoms with Crippen LogP contribution >= 0.6 is 12.2 Å². The minimum atomic E-state index is -3.48. The Hall–Kier alpha value is -2.03.